The van der Waals surface area contributed by atoms with Gasteiger partial charge in [0.2, 0.25) is 0 Å². The van der Waals surface area contributed by atoms with Crippen LogP contribution in [0.3, 0.4) is 0 Å². The van der Waals surface area contributed by atoms with Crippen LogP contribution in [0.15, 0.2) is 4.99 Å². The standard InChI is InChI=1S/C20H40N4O3.HI/c1-16(2)9-13-26-14-10-22-18(21-6)23-15-17-7-11-24(12-8-17)19(25)27-20(3,4)5;/h16-17H,7-15H2,1-6H3,(H2,21,22,23);1H. The Hall–Kier alpha value is -0.770. The minimum absolute atomic E-state index is 0. The Morgan fingerprint density at radius 1 is 1.18 bits per heavy atom. The SMILES string of the molecule is CN=C(NCCOCCC(C)C)NCC1CCN(C(=O)OC(C)(C)C)CC1.I. The zero-order valence-corrected chi connectivity index (χ0v) is 20.9. The quantitative estimate of drug-likeness (QED) is 0.226. The molecule has 0 aromatic rings. The molecule has 1 aliphatic heterocycles. The number of likely N-dealkylation sites (tertiary alicyclic amines) is 1. The number of hydrogen-bond donors (Lipinski definition) is 2. The predicted octanol–water partition coefficient (Wildman–Crippen LogP) is 3.48. The molecule has 28 heavy (non-hydrogen) atoms. The number of rotatable bonds is 8. The molecule has 1 fully saturated rings. The second kappa shape index (κ2) is 14.3. The summed E-state index contributed by atoms with van der Waals surface area (Å²) >= 11 is 0. The van der Waals surface area contributed by atoms with Crippen molar-refractivity contribution < 1.29 is 14.3 Å². The molecule has 1 heterocycles. The second-order valence-electron chi connectivity index (χ2n) is 8.59. The van der Waals surface area contributed by atoms with Gasteiger partial charge < -0.3 is 25.0 Å². The minimum atomic E-state index is -0.438. The van der Waals surface area contributed by atoms with Crippen molar-refractivity contribution in [2.24, 2.45) is 16.8 Å². The lowest BCUT2D eigenvalue weighted by molar-refractivity contribution is 0.0185. The topological polar surface area (TPSA) is 75.2 Å². The Kier molecular flexibility index (Phi) is 13.9. The van der Waals surface area contributed by atoms with Crippen molar-refractivity contribution in [1.82, 2.24) is 15.5 Å². The van der Waals surface area contributed by atoms with Crippen LogP contribution in [0.5, 0.6) is 0 Å². The van der Waals surface area contributed by atoms with Gasteiger partial charge >= 0.3 is 6.09 Å². The molecule has 1 saturated heterocycles. The van der Waals surface area contributed by atoms with Gasteiger partial charge in [0.15, 0.2) is 5.96 Å². The molecule has 0 saturated carbocycles. The summed E-state index contributed by atoms with van der Waals surface area (Å²) in [5, 5.41) is 6.66. The van der Waals surface area contributed by atoms with Crippen LogP contribution in [0.2, 0.25) is 0 Å². The molecule has 1 amide bonds. The molecule has 0 spiro atoms. The third kappa shape index (κ3) is 12.6. The number of guanidine groups is 1. The number of nitrogens with zero attached hydrogens (tertiary/aromatic N) is 2. The number of halogens is 1. The summed E-state index contributed by atoms with van der Waals surface area (Å²) in [5.74, 6) is 2.01. The van der Waals surface area contributed by atoms with Crippen LogP contribution in [-0.4, -0.2) is 69.0 Å². The van der Waals surface area contributed by atoms with Crippen LogP contribution in [-0.2, 0) is 9.47 Å². The van der Waals surface area contributed by atoms with E-state index in [1.54, 1.807) is 7.05 Å². The number of piperidine rings is 1. The first-order chi connectivity index (χ1) is 12.7. The monoisotopic (exact) mass is 512 g/mol. The van der Waals surface area contributed by atoms with Crippen molar-refractivity contribution in [3.63, 3.8) is 0 Å². The number of hydrogen-bond acceptors (Lipinski definition) is 4. The smallest absolute Gasteiger partial charge is 0.410 e. The highest BCUT2D eigenvalue weighted by Gasteiger charge is 2.26. The zero-order valence-electron chi connectivity index (χ0n) is 18.5. The lowest BCUT2D eigenvalue weighted by atomic mass is 9.97. The van der Waals surface area contributed by atoms with Crippen molar-refractivity contribution in [3.8, 4) is 0 Å². The molecule has 7 nitrogen and oxygen atoms in total. The molecule has 0 unspecified atom stereocenters. The van der Waals surface area contributed by atoms with Gasteiger partial charge in [-0.2, -0.15) is 0 Å². The number of carbonyl (C=O) groups is 1. The van der Waals surface area contributed by atoms with Crippen molar-refractivity contribution in [3.05, 3.63) is 0 Å². The van der Waals surface area contributed by atoms with Crippen molar-refractivity contribution in [1.29, 1.82) is 0 Å². The van der Waals surface area contributed by atoms with Gasteiger partial charge in [0, 0.05) is 39.8 Å². The third-order valence-corrected chi connectivity index (χ3v) is 4.43. The summed E-state index contributed by atoms with van der Waals surface area (Å²) in [5.41, 5.74) is -0.438. The van der Waals surface area contributed by atoms with Crippen LogP contribution in [0, 0.1) is 11.8 Å². The van der Waals surface area contributed by atoms with E-state index in [9.17, 15) is 4.79 Å². The molecule has 0 aliphatic carbocycles. The average molecular weight is 512 g/mol. The van der Waals surface area contributed by atoms with Gasteiger partial charge in [0.1, 0.15) is 5.60 Å². The minimum Gasteiger partial charge on any atom is -0.444 e. The van der Waals surface area contributed by atoms with Crippen LogP contribution in [0.1, 0.15) is 53.9 Å². The summed E-state index contributed by atoms with van der Waals surface area (Å²) in [6.07, 6.45) is 2.83. The Labute approximate surface area is 188 Å². The summed E-state index contributed by atoms with van der Waals surface area (Å²) in [7, 11) is 1.78. The van der Waals surface area contributed by atoms with Crippen LogP contribution in [0.25, 0.3) is 0 Å². The van der Waals surface area contributed by atoms with E-state index in [2.05, 4.69) is 29.5 Å². The van der Waals surface area contributed by atoms with E-state index in [1.165, 1.54) is 0 Å². The number of nitrogens with one attached hydrogen (secondary N) is 2. The molecule has 0 aromatic carbocycles. The van der Waals surface area contributed by atoms with Crippen LogP contribution < -0.4 is 10.6 Å². The lowest BCUT2D eigenvalue weighted by Crippen LogP contribution is -2.45. The summed E-state index contributed by atoms with van der Waals surface area (Å²) < 4.78 is 11.1. The Bertz CT molecular complexity index is 459. The fourth-order valence-electron chi connectivity index (χ4n) is 2.77. The Balaban J connectivity index is 0.00000729. The highest BCUT2D eigenvalue weighted by Crippen LogP contribution is 2.19. The summed E-state index contributed by atoms with van der Waals surface area (Å²) in [4.78, 5) is 18.2. The highest BCUT2D eigenvalue weighted by molar-refractivity contribution is 14.0. The molecular weight excluding hydrogens is 471 g/mol. The van der Waals surface area contributed by atoms with Gasteiger partial charge in [-0.1, -0.05) is 13.8 Å². The van der Waals surface area contributed by atoms with E-state index in [0.29, 0.717) is 18.4 Å². The molecule has 8 heteroatoms. The molecule has 0 bridgehead atoms. The maximum Gasteiger partial charge on any atom is 0.410 e. The molecule has 1 aliphatic rings. The van der Waals surface area contributed by atoms with Gasteiger partial charge in [-0.15, -0.1) is 24.0 Å². The first kappa shape index (κ1) is 27.2. The summed E-state index contributed by atoms with van der Waals surface area (Å²) in [6, 6.07) is 0. The largest absolute Gasteiger partial charge is 0.444 e. The molecule has 1 rings (SSSR count). The van der Waals surface area contributed by atoms with E-state index in [1.807, 2.05) is 25.7 Å². The van der Waals surface area contributed by atoms with Crippen molar-refractivity contribution in [2.45, 2.75) is 59.5 Å². The molecule has 0 aromatic heterocycles. The van der Waals surface area contributed by atoms with E-state index < -0.39 is 5.60 Å². The Morgan fingerprint density at radius 2 is 1.82 bits per heavy atom. The Morgan fingerprint density at radius 3 is 2.36 bits per heavy atom. The average Bonchev–Trinajstić information content (AvgIpc) is 2.59. The maximum absolute atomic E-state index is 12.1. The van der Waals surface area contributed by atoms with Crippen LogP contribution >= 0.6 is 24.0 Å². The zero-order chi connectivity index (χ0) is 20.3. The third-order valence-electron chi connectivity index (χ3n) is 4.43. The molecule has 166 valence electrons. The molecular formula is C20H41IN4O3. The highest BCUT2D eigenvalue weighted by atomic mass is 127. The van der Waals surface area contributed by atoms with Crippen LogP contribution in [0.4, 0.5) is 4.79 Å². The fourth-order valence-corrected chi connectivity index (χ4v) is 2.77. The summed E-state index contributed by atoms with van der Waals surface area (Å²) in [6.45, 7) is 14.7. The second-order valence-corrected chi connectivity index (χ2v) is 8.59. The van der Waals surface area contributed by atoms with Gasteiger partial charge in [0.25, 0.3) is 0 Å². The predicted molar refractivity (Wildman–Crippen MR) is 126 cm³/mol. The number of amides is 1. The van der Waals surface area contributed by atoms with Gasteiger partial charge in [-0.3, -0.25) is 4.99 Å². The van der Waals surface area contributed by atoms with E-state index in [0.717, 1.165) is 58.0 Å². The van der Waals surface area contributed by atoms with Gasteiger partial charge in [-0.25, -0.2) is 4.79 Å². The fraction of sp³-hybridized carbons (Fsp3) is 0.900. The van der Waals surface area contributed by atoms with E-state index >= 15 is 0 Å². The van der Waals surface area contributed by atoms with Crippen molar-refractivity contribution >= 4 is 36.0 Å². The maximum atomic E-state index is 12.1. The normalized spacial score (nSPS) is 16.0. The van der Waals surface area contributed by atoms with E-state index in [-0.39, 0.29) is 30.1 Å². The first-order valence-corrected chi connectivity index (χ1v) is 10.2. The van der Waals surface area contributed by atoms with E-state index in [4.69, 9.17) is 9.47 Å². The van der Waals surface area contributed by atoms with Gasteiger partial charge in [0.05, 0.1) is 6.61 Å². The van der Waals surface area contributed by atoms with Gasteiger partial charge in [-0.05, 0) is 51.9 Å². The first-order valence-electron chi connectivity index (χ1n) is 10.2. The lowest BCUT2D eigenvalue weighted by Gasteiger charge is -2.33. The molecule has 0 atom stereocenters. The molecule has 2 N–H and O–H groups in total. The number of aliphatic imine (C=N–C) groups is 1. The number of ether oxygens (including phenoxy) is 2. The van der Waals surface area contributed by atoms with Crippen molar-refractivity contribution in [2.75, 3.05) is 46.4 Å². The number of carbonyl (C=O) groups excluding carboxylic acids is 1. The molecule has 0 radical (unpaired) electrons.